The van der Waals surface area contributed by atoms with Crippen molar-refractivity contribution in [2.24, 2.45) is 0 Å². The molecule has 0 amide bonds. The zero-order valence-electron chi connectivity index (χ0n) is 6.95. The van der Waals surface area contributed by atoms with Gasteiger partial charge in [0.25, 0.3) is 0 Å². The minimum absolute atomic E-state index is 0.0358. The third-order valence-corrected chi connectivity index (χ3v) is 1.73. The maximum absolute atomic E-state index is 12.8. The van der Waals surface area contributed by atoms with E-state index < -0.39 is 23.0 Å². The molecule has 1 aromatic carbocycles. The van der Waals surface area contributed by atoms with Gasteiger partial charge in [-0.1, -0.05) is 11.6 Å². The van der Waals surface area contributed by atoms with Gasteiger partial charge in [0.05, 0.1) is 5.02 Å². The molecule has 0 heterocycles. The highest BCUT2D eigenvalue weighted by Crippen LogP contribution is 2.31. The molecule has 0 bridgehead atoms. The summed E-state index contributed by atoms with van der Waals surface area (Å²) >= 11 is 5.34. The van der Waals surface area contributed by atoms with Crippen LogP contribution in [0.25, 0.3) is 0 Å². The lowest BCUT2D eigenvalue weighted by Crippen LogP contribution is -2.17. The molecule has 1 nitrogen and oxygen atoms in total. The van der Waals surface area contributed by atoms with Gasteiger partial charge in [-0.15, -0.1) is 13.2 Å². The highest BCUT2D eigenvalue weighted by molar-refractivity contribution is 6.32. The van der Waals surface area contributed by atoms with Crippen molar-refractivity contribution in [3.8, 4) is 5.75 Å². The average Bonchev–Trinajstić information content (AvgIpc) is 1.97. The van der Waals surface area contributed by atoms with Gasteiger partial charge >= 0.3 is 6.36 Å². The molecule has 0 radical (unpaired) electrons. The van der Waals surface area contributed by atoms with E-state index in [4.69, 9.17) is 11.6 Å². The molecule has 0 aromatic heterocycles. The molecule has 0 aliphatic rings. The Kier molecular flexibility index (Phi) is 2.89. The van der Waals surface area contributed by atoms with Gasteiger partial charge in [0.15, 0.2) is 0 Å². The second-order valence-corrected chi connectivity index (χ2v) is 2.99. The second-order valence-electron chi connectivity index (χ2n) is 2.58. The van der Waals surface area contributed by atoms with Crippen LogP contribution >= 0.6 is 11.6 Å². The van der Waals surface area contributed by atoms with Crippen molar-refractivity contribution in [3.05, 3.63) is 28.5 Å². The van der Waals surface area contributed by atoms with Crippen LogP contribution in [-0.4, -0.2) is 6.36 Å². The van der Waals surface area contributed by atoms with Gasteiger partial charge in [-0.2, -0.15) is 0 Å². The number of rotatable bonds is 1. The molecule has 0 aliphatic carbocycles. The largest absolute Gasteiger partial charge is 0.573 e. The fourth-order valence-electron chi connectivity index (χ4n) is 0.834. The Bertz CT molecular complexity index is 348. The molecule has 0 spiro atoms. The van der Waals surface area contributed by atoms with Crippen LogP contribution in [0.15, 0.2) is 12.1 Å². The van der Waals surface area contributed by atoms with Crippen LogP contribution < -0.4 is 4.74 Å². The Balaban J connectivity index is 3.04. The third-order valence-electron chi connectivity index (χ3n) is 1.44. The molecule has 6 heteroatoms. The minimum atomic E-state index is -4.83. The first kappa shape index (κ1) is 11.1. The molecule has 14 heavy (non-hydrogen) atoms. The van der Waals surface area contributed by atoms with E-state index in [1.165, 1.54) is 6.92 Å². The van der Waals surface area contributed by atoms with Crippen LogP contribution in [0.2, 0.25) is 5.02 Å². The molecule has 0 atom stereocenters. The number of aryl methyl sites for hydroxylation is 1. The number of hydrogen-bond acceptors (Lipinski definition) is 1. The third kappa shape index (κ3) is 2.77. The molecule has 0 saturated carbocycles. The SMILES string of the molecule is Cc1cc(OC(F)(F)F)c(Cl)cc1F. The van der Waals surface area contributed by atoms with E-state index in [0.717, 1.165) is 12.1 Å². The van der Waals surface area contributed by atoms with E-state index in [0.29, 0.717) is 0 Å². The van der Waals surface area contributed by atoms with Crippen molar-refractivity contribution in [1.29, 1.82) is 0 Å². The lowest BCUT2D eigenvalue weighted by Gasteiger charge is -2.11. The predicted molar refractivity (Wildman–Crippen MR) is 42.8 cm³/mol. The minimum Gasteiger partial charge on any atom is -0.404 e. The zero-order valence-corrected chi connectivity index (χ0v) is 7.71. The quantitative estimate of drug-likeness (QED) is 0.666. The van der Waals surface area contributed by atoms with Gasteiger partial charge in [-0.25, -0.2) is 4.39 Å². The number of alkyl halides is 3. The smallest absolute Gasteiger partial charge is 0.404 e. The lowest BCUT2D eigenvalue weighted by molar-refractivity contribution is -0.274. The first-order valence-electron chi connectivity index (χ1n) is 3.51. The maximum atomic E-state index is 12.8. The summed E-state index contributed by atoms with van der Waals surface area (Å²) in [5.74, 6) is -1.28. The Morgan fingerprint density at radius 3 is 2.36 bits per heavy atom. The van der Waals surface area contributed by atoms with Crippen molar-refractivity contribution in [2.45, 2.75) is 13.3 Å². The van der Waals surface area contributed by atoms with Gasteiger partial charge in [0.1, 0.15) is 11.6 Å². The molecule has 1 aromatic rings. The van der Waals surface area contributed by atoms with Crippen LogP contribution in [0.4, 0.5) is 17.6 Å². The highest BCUT2D eigenvalue weighted by Gasteiger charge is 2.32. The van der Waals surface area contributed by atoms with E-state index >= 15 is 0 Å². The van der Waals surface area contributed by atoms with Crippen molar-refractivity contribution in [3.63, 3.8) is 0 Å². The topological polar surface area (TPSA) is 9.23 Å². The second kappa shape index (κ2) is 3.65. The van der Waals surface area contributed by atoms with E-state index in [2.05, 4.69) is 4.74 Å². The summed E-state index contributed by atoms with van der Waals surface area (Å²) in [7, 11) is 0. The van der Waals surface area contributed by atoms with Gasteiger partial charge in [0.2, 0.25) is 0 Å². The molecule has 0 saturated heterocycles. The summed E-state index contributed by atoms with van der Waals surface area (Å²) in [5.41, 5.74) is 0.0358. The average molecular weight is 229 g/mol. The Morgan fingerprint density at radius 2 is 1.86 bits per heavy atom. The van der Waals surface area contributed by atoms with Crippen LogP contribution in [-0.2, 0) is 0 Å². The van der Waals surface area contributed by atoms with Crippen LogP contribution in [0.3, 0.4) is 0 Å². The van der Waals surface area contributed by atoms with Crippen molar-refractivity contribution in [1.82, 2.24) is 0 Å². The summed E-state index contributed by atoms with van der Waals surface area (Å²) in [6, 6.07) is 1.67. The van der Waals surface area contributed by atoms with Crippen molar-refractivity contribution < 1.29 is 22.3 Å². The highest BCUT2D eigenvalue weighted by atomic mass is 35.5. The normalized spacial score (nSPS) is 11.6. The van der Waals surface area contributed by atoms with Gasteiger partial charge < -0.3 is 4.74 Å². The fourth-order valence-corrected chi connectivity index (χ4v) is 1.02. The summed E-state index contributed by atoms with van der Waals surface area (Å²) in [4.78, 5) is 0. The summed E-state index contributed by atoms with van der Waals surface area (Å²) in [6.45, 7) is 1.31. The molecule has 78 valence electrons. The van der Waals surface area contributed by atoms with Crippen LogP contribution in [0.5, 0.6) is 5.75 Å². The molecular formula is C8H5ClF4O. The summed E-state index contributed by atoms with van der Waals surface area (Å²) in [6.07, 6.45) is -4.83. The first-order chi connectivity index (χ1) is 6.29. The molecule has 0 N–H and O–H groups in total. The van der Waals surface area contributed by atoms with E-state index in [9.17, 15) is 17.6 Å². The van der Waals surface area contributed by atoms with E-state index in [-0.39, 0.29) is 5.56 Å². The number of ether oxygens (including phenoxy) is 1. The van der Waals surface area contributed by atoms with Crippen molar-refractivity contribution >= 4 is 11.6 Å². The summed E-state index contributed by atoms with van der Waals surface area (Å²) < 4.78 is 51.7. The summed E-state index contributed by atoms with van der Waals surface area (Å²) in [5, 5.41) is -0.412. The van der Waals surface area contributed by atoms with Crippen LogP contribution in [0.1, 0.15) is 5.56 Å². The van der Waals surface area contributed by atoms with E-state index in [1.807, 2.05) is 0 Å². The molecule has 0 unspecified atom stereocenters. The monoisotopic (exact) mass is 228 g/mol. The fraction of sp³-hybridized carbons (Fsp3) is 0.250. The van der Waals surface area contributed by atoms with Crippen LogP contribution in [0, 0.1) is 12.7 Å². The Hall–Kier alpha value is -0.970. The van der Waals surface area contributed by atoms with Gasteiger partial charge in [-0.3, -0.25) is 0 Å². The molecule has 0 fully saturated rings. The Morgan fingerprint density at radius 1 is 1.29 bits per heavy atom. The molecule has 1 rings (SSSR count). The lowest BCUT2D eigenvalue weighted by atomic mass is 10.2. The zero-order chi connectivity index (χ0) is 10.9. The Labute approximate surface area is 82.2 Å². The van der Waals surface area contributed by atoms with E-state index in [1.54, 1.807) is 0 Å². The number of halogens is 5. The molecular weight excluding hydrogens is 224 g/mol. The number of benzene rings is 1. The van der Waals surface area contributed by atoms with Gasteiger partial charge in [-0.05, 0) is 24.6 Å². The first-order valence-corrected chi connectivity index (χ1v) is 3.89. The predicted octanol–water partition coefficient (Wildman–Crippen LogP) is 3.69. The number of hydrogen-bond donors (Lipinski definition) is 0. The standard InChI is InChI=1S/C8H5ClF4O/c1-4-2-7(14-8(11,12)13)5(9)3-6(4)10/h2-3H,1H3. The van der Waals surface area contributed by atoms with Crippen molar-refractivity contribution in [2.75, 3.05) is 0 Å². The maximum Gasteiger partial charge on any atom is 0.573 e. The van der Waals surface area contributed by atoms with Gasteiger partial charge in [0, 0.05) is 0 Å². The molecule has 0 aliphatic heterocycles.